The lowest BCUT2D eigenvalue weighted by Crippen LogP contribution is -2.58. The third kappa shape index (κ3) is 6.54. The molecule has 0 saturated heterocycles. The topological polar surface area (TPSA) is 41.1 Å². The Morgan fingerprint density at radius 1 is 1.04 bits per heavy atom. The molecule has 2 saturated carbocycles. The quantitative estimate of drug-likeness (QED) is 0.473. The SMILES string of the molecule is CC1CCC(NC(NC(=O)C2CCC(Br)CC2)C(Cl)(Cl)Cl)CC1. The van der Waals surface area contributed by atoms with Crippen molar-refractivity contribution in [3.05, 3.63) is 0 Å². The minimum absolute atomic E-state index is 0.00241. The number of carbonyl (C=O) groups excluding carboxylic acids is 1. The van der Waals surface area contributed by atoms with Crippen LogP contribution >= 0.6 is 50.7 Å². The third-order valence-electron chi connectivity index (χ3n) is 5.06. The highest BCUT2D eigenvalue weighted by Crippen LogP contribution is 2.33. The molecule has 2 N–H and O–H groups in total. The largest absolute Gasteiger partial charge is 0.336 e. The van der Waals surface area contributed by atoms with Gasteiger partial charge in [0.25, 0.3) is 0 Å². The van der Waals surface area contributed by atoms with E-state index in [1.54, 1.807) is 0 Å². The van der Waals surface area contributed by atoms with Crippen LogP contribution in [0.1, 0.15) is 58.3 Å². The first kappa shape index (κ1) is 20.1. The summed E-state index contributed by atoms with van der Waals surface area (Å²) >= 11 is 21.9. The molecule has 1 unspecified atom stereocenters. The number of rotatable bonds is 4. The summed E-state index contributed by atoms with van der Waals surface area (Å²) in [5.41, 5.74) is 0. The molecule has 7 heteroatoms. The third-order valence-corrected chi connectivity index (χ3v) is 6.63. The van der Waals surface area contributed by atoms with Gasteiger partial charge in [-0.25, -0.2) is 0 Å². The van der Waals surface area contributed by atoms with Gasteiger partial charge < -0.3 is 5.32 Å². The summed E-state index contributed by atoms with van der Waals surface area (Å²) < 4.78 is -1.55. The second-order valence-electron chi connectivity index (χ2n) is 7.06. The lowest BCUT2D eigenvalue weighted by molar-refractivity contribution is -0.126. The van der Waals surface area contributed by atoms with Crippen LogP contribution in [0.4, 0.5) is 0 Å². The molecule has 2 aliphatic rings. The molecule has 3 nitrogen and oxygen atoms in total. The fourth-order valence-corrected chi connectivity index (χ4v) is 4.34. The highest BCUT2D eigenvalue weighted by molar-refractivity contribution is 9.09. The van der Waals surface area contributed by atoms with E-state index in [4.69, 9.17) is 34.8 Å². The van der Waals surface area contributed by atoms with E-state index in [9.17, 15) is 4.79 Å². The molecule has 0 aromatic rings. The van der Waals surface area contributed by atoms with E-state index in [1.807, 2.05) is 0 Å². The van der Waals surface area contributed by atoms with Crippen LogP contribution in [0, 0.1) is 11.8 Å². The zero-order valence-electron chi connectivity index (χ0n) is 13.5. The van der Waals surface area contributed by atoms with Crippen molar-refractivity contribution in [3.63, 3.8) is 0 Å². The van der Waals surface area contributed by atoms with Gasteiger partial charge in [-0.3, -0.25) is 10.1 Å². The van der Waals surface area contributed by atoms with Crippen LogP contribution < -0.4 is 10.6 Å². The molecule has 0 aliphatic heterocycles. The summed E-state index contributed by atoms with van der Waals surface area (Å²) in [6, 6.07) is 0.297. The van der Waals surface area contributed by atoms with Crippen molar-refractivity contribution < 1.29 is 4.79 Å². The minimum Gasteiger partial charge on any atom is -0.336 e. The predicted molar refractivity (Wildman–Crippen MR) is 101 cm³/mol. The average molecular weight is 449 g/mol. The maximum Gasteiger partial charge on any atom is 0.224 e. The van der Waals surface area contributed by atoms with E-state index in [0.717, 1.165) is 44.4 Å². The molecule has 0 bridgehead atoms. The van der Waals surface area contributed by atoms with Gasteiger partial charge in [-0.15, -0.1) is 0 Å². The minimum atomic E-state index is -1.55. The molecule has 2 rings (SSSR count). The van der Waals surface area contributed by atoms with Crippen molar-refractivity contribution in [1.29, 1.82) is 0 Å². The van der Waals surface area contributed by atoms with Crippen molar-refractivity contribution in [2.24, 2.45) is 11.8 Å². The Kier molecular flexibility index (Phi) is 7.81. The van der Waals surface area contributed by atoms with Gasteiger partial charge in [0.1, 0.15) is 6.17 Å². The summed E-state index contributed by atoms with van der Waals surface area (Å²) in [6.45, 7) is 2.27. The molecule has 23 heavy (non-hydrogen) atoms. The number of halogens is 4. The van der Waals surface area contributed by atoms with Crippen LogP contribution in [0.2, 0.25) is 0 Å². The van der Waals surface area contributed by atoms with E-state index < -0.39 is 9.96 Å². The Morgan fingerprint density at radius 2 is 1.61 bits per heavy atom. The summed E-state index contributed by atoms with van der Waals surface area (Å²) in [6.07, 6.45) is 7.63. The Labute approximate surface area is 162 Å². The molecule has 0 aromatic carbocycles. The van der Waals surface area contributed by atoms with Crippen molar-refractivity contribution in [1.82, 2.24) is 10.6 Å². The second-order valence-corrected chi connectivity index (χ2v) is 10.7. The highest BCUT2D eigenvalue weighted by Gasteiger charge is 2.37. The van der Waals surface area contributed by atoms with Crippen molar-refractivity contribution in [2.45, 2.75) is 79.1 Å². The van der Waals surface area contributed by atoms with Gasteiger partial charge in [0.2, 0.25) is 9.70 Å². The van der Waals surface area contributed by atoms with Gasteiger partial charge in [-0.05, 0) is 57.3 Å². The molecule has 0 heterocycles. The first-order chi connectivity index (χ1) is 10.8. The lowest BCUT2D eigenvalue weighted by Gasteiger charge is -2.35. The molecule has 2 aliphatic carbocycles. The molecule has 0 aromatic heterocycles. The van der Waals surface area contributed by atoms with Crippen LogP contribution in [-0.2, 0) is 4.79 Å². The Bertz CT molecular complexity index is 389. The maximum atomic E-state index is 12.5. The first-order valence-corrected chi connectivity index (χ1v) is 10.6. The Balaban J connectivity index is 1.89. The predicted octanol–water partition coefficient (Wildman–Crippen LogP) is 4.92. The van der Waals surface area contributed by atoms with E-state index in [-0.39, 0.29) is 11.8 Å². The van der Waals surface area contributed by atoms with Crippen molar-refractivity contribution in [2.75, 3.05) is 0 Å². The number of alkyl halides is 4. The second kappa shape index (κ2) is 8.93. The van der Waals surface area contributed by atoms with Gasteiger partial charge in [-0.1, -0.05) is 57.7 Å². The fraction of sp³-hybridized carbons (Fsp3) is 0.938. The molecule has 0 spiro atoms. The molecule has 1 amide bonds. The smallest absolute Gasteiger partial charge is 0.224 e. The Hall–Kier alpha value is 0.780. The number of hydrogen-bond donors (Lipinski definition) is 2. The zero-order chi connectivity index (χ0) is 17.0. The monoisotopic (exact) mass is 446 g/mol. The van der Waals surface area contributed by atoms with E-state index in [2.05, 4.69) is 33.5 Å². The molecular weight excluding hydrogens is 422 g/mol. The van der Waals surface area contributed by atoms with Gasteiger partial charge in [-0.2, -0.15) is 0 Å². The standard InChI is InChI=1S/C16H26BrCl3N2O/c1-10-2-8-13(9-3-10)21-15(16(18,19)20)22-14(23)11-4-6-12(17)7-5-11/h10-13,15,21H,2-9H2,1H3,(H,22,23). The van der Waals surface area contributed by atoms with Crippen LogP contribution in [0.25, 0.3) is 0 Å². The molecule has 2 fully saturated rings. The molecule has 134 valence electrons. The molecular formula is C16H26BrCl3N2O. The zero-order valence-corrected chi connectivity index (χ0v) is 17.3. The van der Waals surface area contributed by atoms with Crippen molar-refractivity contribution in [3.8, 4) is 0 Å². The van der Waals surface area contributed by atoms with Crippen LogP contribution in [-0.4, -0.2) is 26.7 Å². The normalized spacial score (nSPS) is 34.0. The average Bonchev–Trinajstić information content (AvgIpc) is 2.48. The highest BCUT2D eigenvalue weighted by atomic mass is 79.9. The number of amides is 1. The van der Waals surface area contributed by atoms with Crippen LogP contribution in [0.3, 0.4) is 0 Å². The summed E-state index contributed by atoms with van der Waals surface area (Å²) in [7, 11) is 0. The van der Waals surface area contributed by atoms with Crippen LogP contribution in [0.15, 0.2) is 0 Å². The van der Waals surface area contributed by atoms with E-state index >= 15 is 0 Å². The Morgan fingerprint density at radius 3 is 2.13 bits per heavy atom. The van der Waals surface area contributed by atoms with E-state index in [0.29, 0.717) is 10.9 Å². The molecule has 0 radical (unpaired) electrons. The maximum absolute atomic E-state index is 12.5. The lowest BCUT2D eigenvalue weighted by atomic mass is 9.87. The molecule has 1 atom stereocenters. The summed E-state index contributed by atoms with van der Waals surface area (Å²) in [5, 5.41) is 6.30. The summed E-state index contributed by atoms with van der Waals surface area (Å²) in [5.74, 6) is 0.775. The van der Waals surface area contributed by atoms with Gasteiger partial charge in [0, 0.05) is 16.8 Å². The van der Waals surface area contributed by atoms with E-state index in [1.165, 1.54) is 12.8 Å². The van der Waals surface area contributed by atoms with Crippen molar-refractivity contribution >= 4 is 56.6 Å². The number of nitrogens with one attached hydrogen (secondary N) is 2. The van der Waals surface area contributed by atoms with Gasteiger partial charge in [0.05, 0.1) is 0 Å². The fourth-order valence-electron chi connectivity index (χ4n) is 3.46. The summed E-state index contributed by atoms with van der Waals surface area (Å²) in [4.78, 5) is 13.0. The van der Waals surface area contributed by atoms with Gasteiger partial charge >= 0.3 is 0 Å². The number of hydrogen-bond acceptors (Lipinski definition) is 2. The van der Waals surface area contributed by atoms with Crippen LogP contribution in [0.5, 0.6) is 0 Å². The first-order valence-electron chi connectivity index (χ1n) is 8.53. The van der Waals surface area contributed by atoms with Gasteiger partial charge in [0.15, 0.2) is 0 Å². The number of carbonyl (C=O) groups is 1.